The first-order valence-electron chi connectivity index (χ1n) is 6.81. The van der Waals surface area contributed by atoms with Crippen LogP contribution in [0.15, 0.2) is 16.7 Å². The van der Waals surface area contributed by atoms with Crippen LogP contribution in [0, 0.1) is 10.5 Å². The Morgan fingerprint density at radius 2 is 1.95 bits per heavy atom. The molecule has 0 unspecified atom stereocenters. The lowest BCUT2D eigenvalue weighted by atomic mass is 10.1. The minimum Gasteiger partial charge on any atom is -0.412 e. The monoisotopic (exact) mass is 403 g/mol. The van der Waals surface area contributed by atoms with Crippen molar-refractivity contribution in [2.24, 2.45) is 0 Å². The highest BCUT2D eigenvalue weighted by Crippen LogP contribution is 2.38. The van der Waals surface area contributed by atoms with Crippen molar-refractivity contribution in [1.29, 1.82) is 0 Å². The lowest BCUT2D eigenvalue weighted by molar-refractivity contribution is 0.274. The van der Waals surface area contributed by atoms with Gasteiger partial charge in [-0.25, -0.2) is 0 Å². The van der Waals surface area contributed by atoms with Crippen molar-refractivity contribution in [2.75, 3.05) is 0 Å². The molecule has 2 rings (SSSR count). The lowest BCUT2D eigenvalue weighted by Gasteiger charge is -2.36. The summed E-state index contributed by atoms with van der Waals surface area (Å²) in [6.45, 7) is 13.9. The number of halogens is 1. The van der Waals surface area contributed by atoms with Crippen molar-refractivity contribution in [3.05, 3.63) is 27.0 Å². The largest absolute Gasteiger partial charge is 0.412 e. The molecule has 0 N–H and O–H groups in total. The summed E-state index contributed by atoms with van der Waals surface area (Å²) in [7, 11) is -1.76. The van der Waals surface area contributed by atoms with E-state index in [0.717, 1.165) is 22.2 Å². The zero-order valence-electron chi connectivity index (χ0n) is 13.0. The number of nitrogens with zero attached hydrogens (tertiary/aromatic N) is 1. The molecule has 0 aliphatic heterocycles. The molecule has 0 amide bonds. The van der Waals surface area contributed by atoms with Crippen LogP contribution in [0.1, 0.15) is 32.0 Å². The average Bonchev–Trinajstić information content (AvgIpc) is 2.68. The van der Waals surface area contributed by atoms with Crippen molar-refractivity contribution < 1.29 is 8.95 Å². The summed E-state index contributed by atoms with van der Waals surface area (Å²) < 4.78 is 13.0. The Morgan fingerprint density at radius 1 is 1.30 bits per heavy atom. The summed E-state index contributed by atoms with van der Waals surface area (Å²) in [5.41, 5.74) is 2.92. The Balaban J connectivity index is 2.33. The molecule has 5 heteroatoms. The minimum absolute atomic E-state index is 0.212. The van der Waals surface area contributed by atoms with Gasteiger partial charge in [0.25, 0.3) is 0 Å². The number of hydrogen-bond acceptors (Lipinski definition) is 3. The van der Waals surface area contributed by atoms with Crippen molar-refractivity contribution in [2.45, 2.75) is 52.4 Å². The topological polar surface area (TPSA) is 35.3 Å². The minimum atomic E-state index is -1.76. The summed E-state index contributed by atoms with van der Waals surface area (Å²) in [6, 6.07) is 4.18. The molecule has 0 radical (unpaired) electrons. The maximum absolute atomic E-state index is 6.32. The van der Waals surface area contributed by atoms with E-state index in [4.69, 9.17) is 8.95 Å². The smallest absolute Gasteiger partial charge is 0.192 e. The number of benzene rings is 1. The van der Waals surface area contributed by atoms with Crippen molar-refractivity contribution in [3.8, 4) is 0 Å². The van der Waals surface area contributed by atoms with Gasteiger partial charge in [0.15, 0.2) is 13.9 Å². The van der Waals surface area contributed by atoms with Gasteiger partial charge in [0, 0.05) is 14.5 Å². The summed E-state index contributed by atoms with van der Waals surface area (Å²) in [4.78, 5) is 0. The molecule has 0 aliphatic carbocycles. The molecule has 1 aromatic carbocycles. The second-order valence-corrected chi connectivity index (χ2v) is 12.7. The predicted molar refractivity (Wildman–Crippen MR) is 93.4 cm³/mol. The molecule has 1 heterocycles. The highest BCUT2D eigenvalue weighted by molar-refractivity contribution is 14.1. The molecule has 20 heavy (non-hydrogen) atoms. The highest BCUT2D eigenvalue weighted by atomic mass is 127. The summed E-state index contributed by atoms with van der Waals surface area (Å²) in [6.07, 6.45) is 0. The highest BCUT2D eigenvalue weighted by Gasteiger charge is 2.37. The molecule has 0 fully saturated rings. The van der Waals surface area contributed by atoms with E-state index in [1.54, 1.807) is 0 Å². The van der Waals surface area contributed by atoms with E-state index >= 15 is 0 Å². The Bertz CT molecular complexity index is 629. The molecule has 1 aromatic heterocycles. The number of rotatable bonds is 3. The maximum Gasteiger partial charge on any atom is 0.192 e. The standard InChI is InChI=1S/C15H22INO2Si/c1-10-11-7-8-13(16)12(14(11)19-17-10)9-18-20(5,6)15(2,3)4/h7-8H,9H2,1-6H3. The van der Waals surface area contributed by atoms with E-state index in [9.17, 15) is 0 Å². The Labute approximate surface area is 135 Å². The Kier molecular flexibility index (Phi) is 4.33. The van der Waals surface area contributed by atoms with E-state index in [-0.39, 0.29) is 5.04 Å². The first kappa shape index (κ1) is 16.0. The van der Waals surface area contributed by atoms with Crippen molar-refractivity contribution in [3.63, 3.8) is 0 Å². The van der Waals surface area contributed by atoms with Gasteiger partial charge in [-0.05, 0) is 59.8 Å². The van der Waals surface area contributed by atoms with Crippen molar-refractivity contribution >= 4 is 41.9 Å². The third-order valence-corrected chi connectivity index (χ3v) is 9.74. The van der Waals surface area contributed by atoms with E-state index in [2.05, 4.69) is 73.7 Å². The first-order chi connectivity index (χ1) is 9.13. The average molecular weight is 403 g/mol. The maximum atomic E-state index is 6.32. The Hall–Kier alpha value is -0.403. The van der Waals surface area contributed by atoms with Gasteiger partial charge in [0.05, 0.1) is 12.3 Å². The van der Waals surface area contributed by atoms with E-state index in [1.807, 2.05) is 6.92 Å². The molecular weight excluding hydrogens is 381 g/mol. The third-order valence-electron chi connectivity index (χ3n) is 4.25. The molecule has 3 nitrogen and oxygen atoms in total. The molecule has 0 bridgehead atoms. The van der Waals surface area contributed by atoms with Gasteiger partial charge in [-0.3, -0.25) is 0 Å². The fourth-order valence-electron chi connectivity index (χ4n) is 1.76. The molecule has 2 aromatic rings. The molecule has 0 aliphatic rings. The fourth-order valence-corrected chi connectivity index (χ4v) is 3.28. The molecule has 0 atom stereocenters. The predicted octanol–water partition coefficient (Wildman–Crippen LogP) is 5.26. The van der Waals surface area contributed by atoms with Gasteiger partial charge in [-0.2, -0.15) is 0 Å². The van der Waals surface area contributed by atoms with Crippen LogP contribution in [0.3, 0.4) is 0 Å². The van der Waals surface area contributed by atoms with Gasteiger partial charge in [-0.1, -0.05) is 25.9 Å². The van der Waals surface area contributed by atoms with Crippen LogP contribution < -0.4 is 0 Å². The molecule has 0 saturated carbocycles. The van der Waals surface area contributed by atoms with Crippen LogP contribution >= 0.6 is 22.6 Å². The second-order valence-electron chi connectivity index (χ2n) is 6.72. The quantitative estimate of drug-likeness (QED) is 0.518. The summed E-state index contributed by atoms with van der Waals surface area (Å²) in [5.74, 6) is 0. The van der Waals surface area contributed by atoms with Gasteiger partial charge in [-0.15, -0.1) is 0 Å². The van der Waals surface area contributed by atoms with E-state index in [1.165, 1.54) is 3.57 Å². The van der Waals surface area contributed by atoms with Gasteiger partial charge in [0.2, 0.25) is 0 Å². The van der Waals surface area contributed by atoms with E-state index < -0.39 is 8.32 Å². The van der Waals surface area contributed by atoms with Crippen LogP contribution in [-0.4, -0.2) is 13.5 Å². The zero-order chi connectivity index (χ0) is 15.1. The fraction of sp³-hybridized carbons (Fsp3) is 0.533. The summed E-state index contributed by atoms with van der Waals surface area (Å²) >= 11 is 2.34. The van der Waals surface area contributed by atoms with Crippen LogP contribution in [0.5, 0.6) is 0 Å². The lowest BCUT2D eigenvalue weighted by Crippen LogP contribution is -2.40. The normalized spacial score (nSPS) is 13.2. The number of hydrogen-bond donors (Lipinski definition) is 0. The zero-order valence-corrected chi connectivity index (χ0v) is 16.2. The van der Waals surface area contributed by atoms with Gasteiger partial charge < -0.3 is 8.95 Å². The number of aromatic nitrogens is 1. The van der Waals surface area contributed by atoms with Crippen molar-refractivity contribution in [1.82, 2.24) is 5.16 Å². The number of aryl methyl sites for hydroxylation is 1. The molecule has 0 saturated heterocycles. The third kappa shape index (κ3) is 2.94. The Morgan fingerprint density at radius 3 is 2.55 bits per heavy atom. The van der Waals surface area contributed by atoms with Gasteiger partial charge >= 0.3 is 0 Å². The van der Waals surface area contributed by atoms with Crippen LogP contribution in [0.2, 0.25) is 18.1 Å². The van der Waals surface area contributed by atoms with Crippen LogP contribution in [0.4, 0.5) is 0 Å². The second kappa shape index (κ2) is 5.42. The van der Waals surface area contributed by atoms with Gasteiger partial charge in [0.1, 0.15) is 0 Å². The SMILES string of the molecule is Cc1noc2c(CO[Si](C)(C)C(C)(C)C)c(I)ccc12. The van der Waals surface area contributed by atoms with E-state index in [0.29, 0.717) is 6.61 Å². The summed E-state index contributed by atoms with van der Waals surface area (Å²) in [5, 5.41) is 5.36. The first-order valence-corrected chi connectivity index (χ1v) is 10.8. The molecule has 110 valence electrons. The molecular formula is C15H22INO2Si. The molecule has 0 spiro atoms. The van der Waals surface area contributed by atoms with Crippen LogP contribution in [-0.2, 0) is 11.0 Å². The number of fused-ring (bicyclic) bond motifs is 1. The van der Waals surface area contributed by atoms with Crippen LogP contribution in [0.25, 0.3) is 11.0 Å².